The fourth-order valence-electron chi connectivity index (χ4n) is 7.53. The zero-order chi connectivity index (χ0) is 26.9. The highest BCUT2D eigenvalue weighted by molar-refractivity contribution is 5.87. The molecule has 38 heavy (non-hydrogen) atoms. The van der Waals surface area contributed by atoms with E-state index >= 15 is 0 Å². The van der Waals surface area contributed by atoms with Crippen LogP contribution < -0.4 is 0 Å². The van der Waals surface area contributed by atoms with Crippen LogP contribution in [0.2, 0.25) is 0 Å². The van der Waals surface area contributed by atoms with Gasteiger partial charge in [-0.15, -0.1) is 0 Å². The van der Waals surface area contributed by atoms with Crippen molar-refractivity contribution in [1.82, 2.24) is 14.8 Å². The van der Waals surface area contributed by atoms with Crippen LogP contribution >= 0.6 is 0 Å². The maximum atomic E-state index is 14.2. The van der Waals surface area contributed by atoms with Gasteiger partial charge in [-0.3, -0.25) is 4.79 Å². The maximum Gasteiger partial charge on any atom is 0.226 e. The standard InChI is InChI=1S/C33H44FN3O/c1-5-7-10-23(6-2)32(38)37-22-19-28-27-11-8-9-12-29(27)35-31(28)33(37)20-17-25(18-21-33)30(36(3)4)24-13-15-26(34)16-14-24/h8-9,11-16,23,25,30,35H,5-7,10,17-22H2,1-4H3. The van der Waals surface area contributed by atoms with E-state index in [0.29, 0.717) is 11.8 Å². The van der Waals surface area contributed by atoms with Crippen molar-refractivity contribution < 1.29 is 9.18 Å². The predicted octanol–water partition coefficient (Wildman–Crippen LogP) is 7.60. The number of fused-ring (bicyclic) bond motifs is 4. The zero-order valence-electron chi connectivity index (χ0n) is 23.6. The maximum absolute atomic E-state index is 14.2. The van der Waals surface area contributed by atoms with Crippen molar-refractivity contribution in [2.75, 3.05) is 20.6 Å². The highest BCUT2D eigenvalue weighted by Crippen LogP contribution is 2.52. The molecule has 1 saturated carbocycles. The summed E-state index contributed by atoms with van der Waals surface area (Å²) in [6.45, 7) is 5.18. The summed E-state index contributed by atoms with van der Waals surface area (Å²) in [6.07, 6.45) is 9.00. The van der Waals surface area contributed by atoms with Crippen LogP contribution in [0.15, 0.2) is 48.5 Å². The first-order valence-corrected chi connectivity index (χ1v) is 14.7. The monoisotopic (exact) mass is 517 g/mol. The number of para-hydroxylation sites is 1. The van der Waals surface area contributed by atoms with Gasteiger partial charge in [-0.05, 0) is 94.3 Å². The second kappa shape index (κ2) is 11.2. The molecule has 1 aliphatic carbocycles. The van der Waals surface area contributed by atoms with Gasteiger partial charge in [0, 0.05) is 35.1 Å². The van der Waals surface area contributed by atoms with Gasteiger partial charge in [0.15, 0.2) is 0 Å². The lowest BCUT2D eigenvalue weighted by Crippen LogP contribution is -2.57. The first-order chi connectivity index (χ1) is 18.4. The van der Waals surface area contributed by atoms with E-state index in [1.54, 1.807) is 12.1 Å². The van der Waals surface area contributed by atoms with Gasteiger partial charge in [-0.1, -0.05) is 57.0 Å². The normalized spacial score (nSPS) is 23.1. The third-order valence-corrected chi connectivity index (χ3v) is 9.47. The summed E-state index contributed by atoms with van der Waals surface area (Å²) in [6, 6.07) is 15.9. The smallest absolute Gasteiger partial charge is 0.226 e. The van der Waals surface area contributed by atoms with Crippen LogP contribution in [0.25, 0.3) is 10.9 Å². The lowest BCUT2D eigenvalue weighted by Gasteiger charge is -2.52. The van der Waals surface area contributed by atoms with E-state index in [9.17, 15) is 9.18 Å². The summed E-state index contributed by atoms with van der Waals surface area (Å²) < 4.78 is 13.7. The molecule has 2 aromatic carbocycles. The van der Waals surface area contributed by atoms with Crippen LogP contribution in [-0.2, 0) is 16.8 Å². The Morgan fingerprint density at radius 1 is 1.11 bits per heavy atom. The summed E-state index contributed by atoms with van der Waals surface area (Å²) in [5.41, 5.74) is 4.77. The van der Waals surface area contributed by atoms with E-state index < -0.39 is 0 Å². The van der Waals surface area contributed by atoms with Crippen molar-refractivity contribution >= 4 is 16.8 Å². The SMILES string of the molecule is CCCCC(CC)C(=O)N1CCc2c([nH]c3ccccc23)C12CCC(C(c1ccc(F)cc1)N(C)C)CC2. The van der Waals surface area contributed by atoms with Crippen molar-refractivity contribution in [2.45, 2.75) is 83.2 Å². The molecule has 2 heterocycles. The van der Waals surface area contributed by atoms with Crippen molar-refractivity contribution in [3.8, 4) is 0 Å². The average Bonchev–Trinajstić information content (AvgIpc) is 3.31. The van der Waals surface area contributed by atoms with Crippen LogP contribution in [0.1, 0.15) is 88.1 Å². The van der Waals surface area contributed by atoms with E-state index in [0.717, 1.165) is 64.3 Å². The Kier molecular flexibility index (Phi) is 7.95. The molecule has 3 aromatic rings. The molecular weight excluding hydrogens is 473 g/mol. The van der Waals surface area contributed by atoms with Gasteiger partial charge < -0.3 is 14.8 Å². The molecule has 0 saturated heterocycles. The molecule has 2 unspecified atom stereocenters. The fourth-order valence-corrected chi connectivity index (χ4v) is 7.53. The number of rotatable bonds is 8. The molecule has 1 aromatic heterocycles. The quantitative estimate of drug-likeness (QED) is 0.334. The second-order valence-electron chi connectivity index (χ2n) is 11.8. The molecule has 1 spiro atoms. The van der Waals surface area contributed by atoms with Crippen LogP contribution in [-0.4, -0.2) is 41.3 Å². The molecular formula is C33H44FN3O. The minimum absolute atomic E-state index is 0.101. The highest BCUT2D eigenvalue weighted by atomic mass is 19.1. The molecule has 1 aliphatic heterocycles. The van der Waals surface area contributed by atoms with Gasteiger partial charge in [-0.25, -0.2) is 4.39 Å². The first kappa shape index (κ1) is 26.9. The summed E-state index contributed by atoms with van der Waals surface area (Å²) in [5.74, 6) is 0.718. The summed E-state index contributed by atoms with van der Waals surface area (Å²) in [7, 11) is 4.26. The third kappa shape index (κ3) is 4.79. The minimum Gasteiger partial charge on any atom is -0.356 e. The number of benzene rings is 2. The van der Waals surface area contributed by atoms with Gasteiger partial charge in [0.25, 0.3) is 0 Å². The Bertz CT molecular complexity index is 1240. The molecule has 4 nitrogen and oxygen atoms in total. The first-order valence-electron chi connectivity index (χ1n) is 14.7. The van der Waals surface area contributed by atoms with Crippen LogP contribution in [0, 0.1) is 17.7 Å². The molecule has 2 aliphatic rings. The van der Waals surface area contributed by atoms with Crippen LogP contribution in [0.5, 0.6) is 0 Å². The van der Waals surface area contributed by atoms with E-state index in [2.05, 4.69) is 67.0 Å². The number of H-pyrrole nitrogens is 1. The summed E-state index contributed by atoms with van der Waals surface area (Å²) >= 11 is 0. The summed E-state index contributed by atoms with van der Waals surface area (Å²) in [5, 5.41) is 1.31. The van der Waals surface area contributed by atoms with Crippen molar-refractivity contribution in [2.24, 2.45) is 11.8 Å². The third-order valence-electron chi connectivity index (χ3n) is 9.47. The van der Waals surface area contributed by atoms with Crippen LogP contribution in [0.3, 0.4) is 0 Å². The predicted molar refractivity (Wildman–Crippen MR) is 153 cm³/mol. The number of halogens is 1. The lowest BCUT2D eigenvalue weighted by atomic mass is 9.68. The molecule has 1 fully saturated rings. The molecule has 0 radical (unpaired) electrons. The number of carbonyl (C=O) groups excluding carboxylic acids is 1. The van der Waals surface area contributed by atoms with E-state index in [4.69, 9.17) is 0 Å². The van der Waals surface area contributed by atoms with Crippen LogP contribution in [0.4, 0.5) is 4.39 Å². The Labute approximate surface area is 227 Å². The van der Waals surface area contributed by atoms with Gasteiger partial charge in [-0.2, -0.15) is 0 Å². The molecule has 1 amide bonds. The number of aromatic amines is 1. The fraction of sp³-hybridized carbons (Fsp3) is 0.545. The average molecular weight is 518 g/mol. The number of unbranched alkanes of at least 4 members (excludes halogenated alkanes) is 1. The highest BCUT2D eigenvalue weighted by Gasteiger charge is 2.50. The number of carbonyl (C=O) groups is 1. The number of aromatic nitrogens is 1. The topological polar surface area (TPSA) is 39.3 Å². The number of hydrogen-bond acceptors (Lipinski definition) is 2. The van der Waals surface area contributed by atoms with E-state index in [1.807, 2.05) is 12.1 Å². The Morgan fingerprint density at radius 3 is 2.47 bits per heavy atom. The zero-order valence-corrected chi connectivity index (χ0v) is 23.6. The Morgan fingerprint density at radius 2 is 1.82 bits per heavy atom. The molecule has 1 N–H and O–H groups in total. The van der Waals surface area contributed by atoms with Gasteiger partial charge in [0.1, 0.15) is 5.82 Å². The van der Waals surface area contributed by atoms with Crippen molar-refractivity contribution in [3.63, 3.8) is 0 Å². The molecule has 204 valence electrons. The lowest BCUT2D eigenvalue weighted by molar-refractivity contribution is -0.147. The molecule has 2 atom stereocenters. The van der Waals surface area contributed by atoms with E-state index in [-0.39, 0.29) is 23.3 Å². The second-order valence-corrected chi connectivity index (χ2v) is 11.8. The molecule has 5 heteroatoms. The van der Waals surface area contributed by atoms with E-state index in [1.165, 1.54) is 27.7 Å². The van der Waals surface area contributed by atoms with Crippen molar-refractivity contribution in [3.05, 3.63) is 71.2 Å². The molecule has 0 bridgehead atoms. The number of nitrogens with one attached hydrogen (secondary N) is 1. The van der Waals surface area contributed by atoms with Gasteiger partial charge >= 0.3 is 0 Å². The van der Waals surface area contributed by atoms with Crippen molar-refractivity contribution in [1.29, 1.82) is 0 Å². The number of hydrogen-bond donors (Lipinski definition) is 1. The Hall–Kier alpha value is -2.66. The minimum atomic E-state index is -0.278. The summed E-state index contributed by atoms with van der Waals surface area (Å²) in [4.78, 5) is 22.6. The number of nitrogens with zero attached hydrogens (tertiary/aromatic N) is 2. The molecule has 5 rings (SSSR count). The largest absolute Gasteiger partial charge is 0.356 e. The number of amides is 1. The van der Waals surface area contributed by atoms with Gasteiger partial charge in [0.2, 0.25) is 5.91 Å². The van der Waals surface area contributed by atoms with Gasteiger partial charge in [0.05, 0.1) is 5.54 Å². The Balaban J connectivity index is 1.50.